The van der Waals surface area contributed by atoms with Crippen LogP contribution in [0.3, 0.4) is 0 Å². The topological polar surface area (TPSA) is 74.3 Å². The monoisotopic (exact) mass is 340 g/mol. The van der Waals surface area contributed by atoms with Crippen LogP contribution >= 0.6 is 0 Å². The number of furan rings is 1. The third-order valence-corrected chi connectivity index (χ3v) is 4.03. The molecule has 1 heterocycles. The number of Topliss-reactive ketones (excluding diaryl/α,β-unsaturated/α-hetero) is 1. The van der Waals surface area contributed by atoms with Crippen LogP contribution in [0.4, 0.5) is 13.2 Å². The van der Waals surface area contributed by atoms with E-state index in [4.69, 9.17) is 5.26 Å². The summed E-state index contributed by atoms with van der Waals surface area (Å²) in [6.07, 6.45) is -2.46. The Balaban J connectivity index is 2.36. The van der Waals surface area contributed by atoms with Crippen LogP contribution in [0.5, 0.6) is 0 Å². The largest absolute Gasteiger partial charge is 0.459 e. The number of halogens is 3. The van der Waals surface area contributed by atoms with E-state index in [-0.39, 0.29) is 17.8 Å². The maximum absolute atomic E-state index is 12.9. The molecule has 5 nitrogen and oxygen atoms in total. The molecule has 1 atom stereocenters. The lowest BCUT2D eigenvalue weighted by molar-refractivity contribution is -0.153. The first-order valence-corrected chi connectivity index (χ1v) is 7.07. The number of carbonyl (C=O) groups is 2. The van der Waals surface area contributed by atoms with Gasteiger partial charge in [-0.15, -0.1) is 0 Å². The van der Waals surface area contributed by atoms with Gasteiger partial charge in [0.15, 0.2) is 5.78 Å². The van der Waals surface area contributed by atoms with E-state index < -0.39 is 34.9 Å². The predicted octanol–water partition coefficient (Wildman–Crippen LogP) is 3.19. The molecule has 0 N–H and O–H groups in total. The number of hydrogen-bond acceptors (Lipinski definition) is 4. The summed E-state index contributed by atoms with van der Waals surface area (Å²) in [5, 5.41) is 9.06. The number of carbonyl (C=O) groups excluding carboxylic acids is 2. The molecule has 0 aromatic carbocycles. The van der Waals surface area contributed by atoms with E-state index in [2.05, 4.69) is 4.42 Å². The number of ketones is 1. The number of amides is 1. The Kier molecular flexibility index (Phi) is 4.31. The molecule has 1 aliphatic rings. The van der Waals surface area contributed by atoms with E-state index in [0.29, 0.717) is 0 Å². The highest BCUT2D eigenvalue weighted by molar-refractivity contribution is 6.04. The minimum atomic E-state index is -4.79. The van der Waals surface area contributed by atoms with Crippen molar-refractivity contribution in [2.75, 3.05) is 7.05 Å². The minimum Gasteiger partial charge on any atom is -0.459 e. The number of alkyl halides is 3. The predicted molar refractivity (Wildman–Crippen MR) is 76.7 cm³/mol. The van der Waals surface area contributed by atoms with Crippen LogP contribution in [0.25, 0.3) is 0 Å². The molecule has 24 heavy (non-hydrogen) atoms. The van der Waals surface area contributed by atoms with Gasteiger partial charge in [-0.25, -0.2) is 0 Å². The molecule has 1 aromatic heterocycles. The normalized spacial score (nSPS) is 20.3. The summed E-state index contributed by atoms with van der Waals surface area (Å²) in [5.41, 5.74) is -1.59. The molecule has 1 aromatic rings. The van der Waals surface area contributed by atoms with E-state index in [0.717, 1.165) is 17.2 Å². The van der Waals surface area contributed by atoms with Crippen LogP contribution in [0, 0.1) is 16.7 Å². The maximum atomic E-state index is 12.9. The quantitative estimate of drug-likeness (QED) is 0.829. The van der Waals surface area contributed by atoms with E-state index in [1.807, 2.05) is 0 Å². The molecular formula is C16H15F3N2O3. The van der Waals surface area contributed by atoms with Gasteiger partial charge in [-0.2, -0.15) is 18.4 Å². The number of rotatable bonds is 2. The second-order valence-electron chi connectivity index (χ2n) is 6.25. The van der Waals surface area contributed by atoms with E-state index >= 15 is 0 Å². The van der Waals surface area contributed by atoms with Crippen LogP contribution in [-0.4, -0.2) is 29.7 Å². The first-order chi connectivity index (χ1) is 11.0. The molecule has 1 aliphatic carbocycles. The molecule has 0 saturated heterocycles. The maximum Gasteiger partial charge on any atom is 0.450 e. The molecule has 0 bridgehead atoms. The van der Waals surface area contributed by atoms with E-state index in [1.54, 1.807) is 19.9 Å². The molecule has 2 rings (SSSR count). The zero-order chi connectivity index (χ0) is 18.3. The summed E-state index contributed by atoms with van der Waals surface area (Å²) in [7, 11) is 1.33. The molecule has 0 fully saturated rings. The van der Waals surface area contributed by atoms with Crippen LogP contribution in [-0.2, 0) is 11.0 Å². The van der Waals surface area contributed by atoms with Crippen molar-refractivity contribution in [3.63, 3.8) is 0 Å². The Hall–Kier alpha value is -2.56. The summed E-state index contributed by atoms with van der Waals surface area (Å²) >= 11 is 0. The van der Waals surface area contributed by atoms with Crippen molar-refractivity contribution < 1.29 is 27.2 Å². The highest BCUT2D eigenvalue weighted by atomic mass is 19.4. The van der Waals surface area contributed by atoms with Crippen molar-refractivity contribution in [1.29, 1.82) is 5.26 Å². The summed E-state index contributed by atoms with van der Waals surface area (Å²) in [6.45, 7) is 3.26. The third-order valence-electron chi connectivity index (χ3n) is 4.03. The lowest BCUT2D eigenvalue weighted by Crippen LogP contribution is -2.44. The van der Waals surface area contributed by atoms with Gasteiger partial charge in [0.2, 0.25) is 5.76 Å². The lowest BCUT2D eigenvalue weighted by Gasteiger charge is -2.36. The van der Waals surface area contributed by atoms with Gasteiger partial charge < -0.3 is 9.32 Å². The third kappa shape index (κ3) is 3.07. The van der Waals surface area contributed by atoms with Gasteiger partial charge in [0.05, 0.1) is 23.4 Å². The van der Waals surface area contributed by atoms with Gasteiger partial charge in [-0.3, -0.25) is 9.59 Å². The van der Waals surface area contributed by atoms with Crippen molar-refractivity contribution in [1.82, 2.24) is 4.90 Å². The molecule has 0 radical (unpaired) electrons. The average Bonchev–Trinajstić information content (AvgIpc) is 2.97. The number of nitriles is 1. The number of likely N-dealkylation sites (N-methyl/N-ethyl adjacent to an activating group) is 1. The highest BCUT2D eigenvalue weighted by Crippen LogP contribution is 2.36. The van der Waals surface area contributed by atoms with Crippen molar-refractivity contribution in [2.45, 2.75) is 32.5 Å². The second-order valence-corrected chi connectivity index (χ2v) is 6.25. The summed E-state index contributed by atoms with van der Waals surface area (Å²) in [5.74, 6) is -2.60. The first kappa shape index (κ1) is 17.8. The molecule has 1 unspecified atom stereocenters. The standard InChI is InChI=1S/C16H15F3N2O3/c1-15(2)7-10(6-9(8-20)12(15)22)21(3)14(23)11-4-5-24-13(11)16(17,18)19/h4-6,10H,7H2,1-3H3. The van der Waals surface area contributed by atoms with Crippen LogP contribution in [0.15, 0.2) is 28.4 Å². The second kappa shape index (κ2) is 5.82. The average molecular weight is 340 g/mol. The van der Waals surface area contributed by atoms with Crippen LogP contribution in [0.1, 0.15) is 36.4 Å². The van der Waals surface area contributed by atoms with Crippen molar-refractivity contribution in [2.24, 2.45) is 5.41 Å². The van der Waals surface area contributed by atoms with Crippen molar-refractivity contribution in [3.05, 3.63) is 35.3 Å². The fourth-order valence-corrected chi connectivity index (χ4v) is 2.68. The van der Waals surface area contributed by atoms with Gasteiger partial charge >= 0.3 is 6.18 Å². The first-order valence-electron chi connectivity index (χ1n) is 7.07. The van der Waals surface area contributed by atoms with Crippen LogP contribution in [0.2, 0.25) is 0 Å². The Morgan fingerprint density at radius 3 is 2.62 bits per heavy atom. The van der Waals surface area contributed by atoms with E-state index in [1.165, 1.54) is 13.1 Å². The Labute approximate surface area is 136 Å². The molecule has 0 aliphatic heterocycles. The number of allylic oxidation sites excluding steroid dienone is 1. The minimum absolute atomic E-state index is 0.0980. The molecule has 0 spiro atoms. The SMILES string of the molecule is CN(C(=O)c1ccoc1C(F)(F)F)C1C=C(C#N)C(=O)C(C)(C)C1. The van der Waals surface area contributed by atoms with Gasteiger partial charge in [-0.1, -0.05) is 13.8 Å². The Bertz CT molecular complexity index is 753. The molecule has 128 valence electrons. The number of hydrogen-bond donors (Lipinski definition) is 0. The van der Waals surface area contributed by atoms with Crippen molar-refractivity contribution in [3.8, 4) is 6.07 Å². The van der Waals surface area contributed by atoms with E-state index in [9.17, 15) is 22.8 Å². The fraction of sp³-hybridized carbons (Fsp3) is 0.438. The molecular weight excluding hydrogens is 325 g/mol. The van der Waals surface area contributed by atoms with Gasteiger partial charge in [0.1, 0.15) is 6.07 Å². The zero-order valence-corrected chi connectivity index (χ0v) is 13.3. The lowest BCUT2D eigenvalue weighted by atomic mass is 9.74. The summed E-state index contributed by atoms with van der Waals surface area (Å²) in [6, 6.07) is 2.06. The van der Waals surface area contributed by atoms with Gasteiger partial charge in [-0.05, 0) is 18.6 Å². The highest BCUT2D eigenvalue weighted by Gasteiger charge is 2.42. The van der Waals surface area contributed by atoms with Crippen LogP contribution < -0.4 is 0 Å². The smallest absolute Gasteiger partial charge is 0.450 e. The molecule has 0 saturated carbocycles. The summed E-state index contributed by atoms with van der Waals surface area (Å²) < 4.78 is 43.0. The number of nitrogens with zero attached hydrogens (tertiary/aromatic N) is 2. The zero-order valence-electron chi connectivity index (χ0n) is 13.3. The Morgan fingerprint density at radius 1 is 1.46 bits per heavy atom. The van der Waals surface area contributed by atoms with Gasteiger partial charge in [0, 0.05) is 12.5 Å². The van der Waals surface area contributed by atoms with Crippen molar-refractivity contribution >= 4 is 11.7 Å². The molecule has 1 amide bonds. The molecule has 8 heteroatoms. The van der Waals surface area contributed by atoms with Gasteiger partial charge in [0.25, 0.3) is 5.91 Å². The Morgan fingerprint density at radius 2 is 2.08 bits per heavy atom. The fourth-order valence-electron chi connectivity index (χ4n) is 2.68. The summed E-state index contributed by atoms with van der Waals surface area (Å²) in [4.78, 5) is 25.6.